The molecule has 0 saturated carbocycles. The molecular weight excluding hydrogens is 376 g/mol. The van der Waals surface area contributed by atoms with Gasteiger partial charge in [-0.2, -0.15) is 0 Å². The van der Waals surface area contributed by atoms with E-state index in [1.807, 2.05) is 0 Å². The summed E-state index contributed by atoms with van der Waals surface area (Å²) >= 11 is 3.31. The monoisotopic (exact) mass is 396 g/mol. The van der Waals surface area contributed by atoms with Crippen LogP contribution in [0, 0.1) is 5.92 Å². The molecule has 120 valence electrons. The molecule has 21 heavy (non-hydrogen) atoms. The summed E-state index contributed by atoms with van der Waals surface area (Å²) in [5.74, 6) is 0.686. The lowest BCUT2D eigenvalue weighted by Crippen LogP contribution is -2.40. The predicted octanol–water partition coefficient (Wildman–Crippen LogP) is 2.32. The van der Waals surface area contributed by atoms with Gasteiger partial charge in [0.1, 0.15) is 0 Å². The molecule has 1 aliphatic rings. The fourth-order valence-electron chi connectivity index (χ4n) is 2.56. The summed E-state index contributed by atoms with van der Waals surface area (Å²) in [6.45, 7) is 3.18. The molecule has 4 nitrogen and oxygen atoms in total. The number of piperidine rings is 1. The van der Waals surface area contributed by atoms with Crippen molar-refractivity contribution in [3.05, 3.63) is 28.7 Å². The smallest absolute Gasteiger partial charge is 0.179 e. The zero-order chi connectivity index (χ0) is 14.6. The quantitative estimate of drug-likeness (QED) is 0.828. The van der Waals surface area contributed by atoms with Crippen molar-refractivity contribution < 1.29 is 8.42 Å². The number of halogens is 2. The first-order valence-corrected chi connectivity index (χ1v) is 9.36. The summed E-state index contributed by atoms with van der Waals surface area (Å²) in [7, 11) is -3.19. The van der Waals surface area contributed by atoms with Crippen LogP contribution >= 0.6 is 28.3 Å². The molecule has 0 aromatic heterocycles. The van der Waals surface area contributed by atoms with Crippen molar-refractivity contribution in [2.75, 3.05) is 31.9 Å². The summed E-state index contributed by atoms with van der Waals surface area (Å²) < 4.78 is 25.4. The van der Waals surface area contributed by atoms with Crippen molar-refractivity contribution in [2.24, 2.45) is 11.7 Å². The number of hydrogen-bond acceptors (Lipinski definition) is 4. The maximum Gasteiger partial charge on any atom is 0.179 e. The highest BCUT2D eigenvalue weighted by molar-refractivity contribution is 9.10. The predicted molar refractivity (Wildman–Crippen MR) is 91.7 cm³/mol. The van der Waals surface area contributed by atoms with Gasteiger partial charge in [0.05, 0.1) is 10.6 Å². The van der Waals surface area contributed by atoms with Crippen molar-refractivity contribution in [3.63, 3.8) is 0 Å². The van der Waals surface area contributed by atoms with E-state index in [1.165, 1.54) is 0 Å². The second-order valence-electron chi connectivity index (χ2n) is 5.32. The minimum Gasteiger partial charge on any atom is -0.330 e. The van der Waals surface area contributed by atoms with Gasteiger partial charge in [-0.25, -0.2) is 8.42 Å². The van der Waals surface area contributed by atoms with Crippen molar-refractivity contribution in [1.82, 2.24) is 4.90 Å². The van der Waals surface area contributed by atoms with Crippen molar-refractivity contribution >= 4 is 38.2 Å². The van der Waals surface area contributed by atoms with Crippen LogP contribution in [0.4, 0.5) is 0 Å². The first kappa shape index (κ1) is 18.9. The number of hydrogen-bond donors (Lipinski definition) is 1. The third kappa shape index (κ3) is 5.53. The molecule has 1 aliphatic heterocycles. The van der Waals surface area contributed by atoms with Gasteiger partial charge in [0.2, 0.25) is 0 Å². The summed E-state index contributed by atoms with van der Waals surface area (Å²) in [6, 6.07) is 6.83. The fourth-order valence-corrected chi connectivity index (χ4v) is 4.11. The normalized spacial score (nSPS) is 20.0. The first-order chi connectivity index (χ1) is 9.51. The highest BCUT2D eigenvalue weighted by atomic mass is 79.9. The molecule has 1 aromatic rings. The highest BCUT2D eigenvalue weighted by Gasteiger charge is 2.21. The van der Waals surface area contributed by atoms with Crippen LogP contribution in [0.2, 0.25) is 0 Å². The van der Waals surface area contributed by atoms with E-state index in [0.717, 1.165) is 30.4 Å². The van der Waals surface area contributed by atoms with Gasteiger partial charge in [0, 0.05) is 17.6 Å². The number of benzene rings is 1. The highest BCUT2D eigenvalue weighted by Crippen LogP contribution is 2.18. The molecule has 0 aliphatic carbocycles. The zero-order valence-corrected chi connectivity index (χ0v) is 15.1. The molecule has 1 saturated heterocycles. The van der Waals surface area contributed by atoms with Crippen LogP contribution in [0.3, 0.4) is 0 Å². The molecule has 1 unspecified atom stereocenters. The lowest BCUT2D eigenvalue weighted by molar-refractivity contribution is 0.187. The Balaban J connectivity index is 0.00000220. The van der Waals surface area contributed by atoms with E-state index in [9.17, 15) is 8.42 Å². The van der Waals surface area contributed by atoms with E-state index < -0.39 is 9.84 Å². The van der Waals surface area contributed by atoms with Crippen molar-refractivity contribution in [1.29, 1.82) is 0 Å². The van der Waals surface area contributed by atoms with Crippen LogP contribution in [-0.2, 0) is 9.84 Å². The second kappa shape index (κ2) is 8.48. The van der Waals surface area contributed by atoms with Gasteiger partial charge in [0.25, 0.3) is 0 Å². The van der Waals surface area contributed by atoms with Gasteiger partial charge in [-0.3, -0.25) is 0 Å². The van der Waals surface area contributed by atoms with Crippen LogP contribution in [0.25, 0.3) is 0 Å². The molecule has 7 heteroatoms. The summed E-state index contributed by atoms with van der Waals surface area (Å²) in [5.41, 5.74) is 5.70. The van der Waals surface area contributed by atoms with Gasteiger partial charge < -0.3 is 10.6 Å². The molecule has 1 aromatic carbocycles. The fraction of sp³-hybridized carbons (Fsp3) is 0.571. The third-order valence-electron chi connectivity index (χ3n) is 3.79. The van der Waals surface area contributed by atoms with Gasteiger partial charge in [-0.15, -0.1) is 12.4 Å². The first-order valence-electron chi connectivity index (χ1n) is 6.92. The Bertz CT molecular complexity index is 536. The molecule has 2 rings (SSSR count). The topological polar surface area (TPSA) is 63.4 Å². The average molecular weight is 398 g/mol. The standard InChI is InChI=1S/C14H21BrN2O2S.ClH/c15-13-3-5-14(6-4-13)20(18,19)9-8-17-7-1-2-12(10-16)11-17;/h3-6,12H,1-2,7-11,16H2;1H. The summed E-state index contributed by atoms with van der Waals surface area (Å²) in [5, 5.41) is 0. The van der Waals surface area contributed by atoms with Gasteiger partial charge in [-0.05, 0) is 56.1 Å². The number of sulfone groups is 1. The van der Waals surface area contributed by atoms with Crippen LogP contribution in [0.15, 0.2) is 33.6 Å². The third-order valence-corrected chi connectivity index (χ3v) is 6.02. The SMILES string of the molecule is Cl.NCC1CCCN(CCS(=O)(=O)c2ccc(Br)cc2)C1. The van der Waals surface area contributed by atoms with Gasteiger partial charge in [0.15, 0.2) is 9.84 Å². The van der Waals surface area contributed by atoms with E-state index in [-0.39, 0.29) is 18.2 Å². The van der Waals surface area contributed by atoms with Gasteiger partial charge in [-0.1, -0.05) is 15.9 Å². The largest absolute Gasteiger partial charge is 0.330 e. The Hall–Kier alpha value is -0.140. The Morgan fingerprint density at radius 2 is 1.95 bits per heavy atom. The van der Waals surface area contributed by atoms with E-state index in [4.69, 9.17) is 5.73 Å². The Morgan fingerprint density at radius 1 is 1.29 bits per heavy atom. The van der Waals surface area contributed by atoms with Crippen molar-refractivity contribution in [3.8, 4) is 0 Å². The van der Waals surface area contributed by atoms with E-state index in [1.54, 1.807) is 24.3 Å². The van der Waals surface area contributed by atoms with Crippen molar-refractivity contribution in [2.45, 2.75) is 17.7 Å². The van der Waals surface area contributed by atoms with Crippen LogP contribution in [0.5, 0.6) is 0 Å². The maximum atomic E-state index is 12.3. The Kier molecular flexibility index (Phi) is 7.64. The van der Waals surface area contributed by atoms with E-state index >= 15 is 0 Å². The summed E-state index contributed by atoms with van der Waals surface area (Å²) in [4.78, 5) is 2.62. The zero-order valence-electron chi connectivity index (χ0n) is 11.9. The molecule has 0 radical (unpaired) electrons. The van der Waals surface area contributed by atoms with Crippen LogP contribution in [0.1, 0.15) is 12.8 Å². The molecule has 1 atom stereocenters. The number of likely N-dealkylation sites (tertiary alicyclic amines) is 1. The number of nitrogens with zero attached hydrogens (tertiary/aromatic N) is 1. The molecule has 1 fully saturated rings. The van der Waals surface area contributed by atoms with Gasteiger partial charge >= 0.3 is 0 Å². The second-order valence-corrected chi connectivity index (χ2v) is 8.34. The van der Waals surface area contributed by atoms with E-state index in [2.05, 4.69) is 20.8 Å². The molecule has 0 bridgehead atoms. The molecule has 0 spiro atoms. The molecule has 2 N–H and O–H groups in total. The minimum absolute atomic E-state index is 0. The Morgan fingerprint density at radius 3 is 2.57 bits per heavy atom. The maximum absolute atomic E-state index is 12.3. The lowest BCUT2D eigenvalue weighted by atomic mass is 9.98. The van der Waals surface area contributed by atoms with Crippen LogP contribution < -0.4 is 5.73 Å². The molecular formula is C14H22BrClN2O2S. The van der Waals surface area contributed by atoms with E-state index in [0.29, 0.717) is 23.9 Å². The minimum atomic E-state index is -3.19. The molecule has 0 amide bonds. The molecule has 1 heterocycles. The average Bonchev–Trinajstić information content (AvgIpc) is 2.46. The Labute approximate surface area is 141 Å². The number of nitrogens with two attached hydrogens (primary N) is 1. The number of rotatable bonds is 5. The summed E-state index contributed by atoms with van der Waals surface area (Å²) in [6.07, 6.45) is 2.27. The lowest BCUT2D eigenvalue weighted by Gasteiger charge is -2.31. The van der Waals surface area contributed by atoms with Crippen LogP contribution in [-0.4, -0.2) is 45.2 Å².